The van der Waals surface area contributed by atoms with E-state index in [-0.39, 0.29) is 5.91 Å². The van der Waals surface area contributed by atoms with Crippen molar-refractivity contribution in [1.29, 1.82) is 0 Å². The summed E-state index contributed by atoms with van der Waals surface area (Å²) < 4.78 is 2.17. The van der Waals surface area contributed by atoms with E-state index in [1.807, 2.05) is 41.4 Å². The number of para-hydroxylation sites is 1. The van der Waals surface area contributed by atoms with Gasteiger partial charge in [-0.05, 0) is 43.0 Å². The number of fused-ring (bicyclic) bond motifs is 1. The lowest BCUT2D eigenvalue weighted by molar-refractivity contribution is -0.116. The zero-order chi connectivity index (χ0) is 18.2. The number of pyridine rings is 1. The molecule has 1 aliphatic heterocycles. The van der Waals surface area contributed by atoms with E-state index in [0.717, 1.165) is 48.0 Å². The molecule has 0 bridgehead atoms. The van der Waals surface area contributed by atoms with Gasteiger partial charge in [-0.1, -0.05) is 30.0 Å². The van der Waals surface area contributed by atoms with Gasteiger partial charge in [-0.2, -0.15) is 0 Å². The monoisotopic (exact) mass is 377 g/mol. The third-order valence-corrected chi connectivity index (χ3v) is 5.94. The van der Waals surface area contributed by atoms with Crippen molar-refractivity contribution in [2.24, 2.45) is 0 Å². The summed E-state index contributed by atoms with van der Waals surface area (Å²) in [6, 6.07) is 12.5. The average molecular weight is 377 g/mol. The standard InChI is InChI=1S/C20H19N5OS/c26-18(24-11-9-14-4-1-2-6-17(14)24)13-27-20-23-22-19(25(20)16-7-8-16)15-5-3-10-21-12-15/h1-6,10,12,16H,7-9,11,13H2. The number of amides is 1. The summed E-state index contributed by atoms with van der Waals surface area (Å²) in [5.74, 6) is 1.33. The first-order valence-corrected chi connectivity index (χ1v) is 10.2. The van der Waals surface area contributed by atoms with Crippen LogP contribution in [-0.2, 0) is 11.2 Å². The second-order valence-corrected chi connectivity index (χ2v) is 7.80. The summed E-state index contributed by atoms with van der Waals surface area (Å²) in [4.78, 5) is 18.9. The van der Waals surface area contributed by atoms with Crippen molar-refractivity contribution in [1.82, 2.24) is 19.7 Å². The normalized spacial score (nSPS) is 15.8. The number of benzene rings is 1. The highest BCUT2D eigenvalue weighted by Crippen LogP contribution is 2.41. The van der Waals surface area contributed by atoms with Crippen LogP contribution in [0.2, 0.25) is 0 Å². The molecule has 1 aromatic carbocycles. The molecule has 136 valence electrons. The molecule has 3 aromatic rings. The predicted octanol–water partition coefficient (Wildman–Crippen LogP) is 3.36. The van der Waals surface area contributed by atoms with Gasteiger partial charge in [0.15, 0.2) is 11.0 Å². The number of anilines is 1. The lowest BCUT2D eigenvalue weighted by Gasteiger charge is -2.17. The molecule has 0 spiro atoms. The van der Waals surface area contributed by atoms with Crippen molar-refractivity contribution < 1.29 is 4.79 Å². The first-order valence-electron chi connectivity index (χ1n) is 9.17. The maximum absolute atomic E-state index is 12.8. The summed E-state index contributed by atoms with van der Waals surface area (Å²) >= 11 is 1.48. The summed E-state index contributed by atoms with van der Waals surface area (Å²) in [6.45, 7) is 0.759. The van der Waals surface area contributed by atoms with Gasteiger partial charge < -0.3 is 4.90 Å². The van der Waals surface area contributed by atoms with Gasteiger partial charge in [-0.3, -0.25) is 14.3 Å². The van der Waals surface area contributed by atoms with E-state index < -0.39 is 0 Å². The molecule has 0 N–H and O–H groups in total. The molecule has 1 saturated carbocycles. The van der Waals surface area contributed by atoms with Gasteiger partial charge in [-0.25, -0.2) is 0 Å². The number of carbonyl (C=O) groups excluding carboxylic acids is 1. The van der Waals surface area contributed by atoms with E-state index >= 15 is 0 Å². The Labute approximate surface area is 161 Å². The summed E-state index contributed by atoms with van der Waals surface area (Å²) in [6.07, 6.45) is 6.75. The Balaban J connectivity index is 1.35. The van der Waals surface area contributed by atoms with Crippen molar-refractivity contribution in [2.45, 2.75) is 30.5 Å². The van der Waals surface area contributed by atoms with E-state index in [9.17, 15) is 4.79 Å². The Morgan fingerprint density at radius 1 is 1.15 bits per heavy atom. The molecule has 2 aliphatic rings. The van der Waals surface area contributed by atoms with Crippen LogP contribution in [0.25, 0.3) is 11.4 Å². The first kappa shape index (κ1) is 16.5. The fourth-order valence-electron chi connectivity index (χ4n) is 3.53. The van der Waals surface area contributed by atoms with Crippen molar-refractivity contribution >= 4 is 23.4 Å². The van der Waals surface area contributed by atoms with Crippen LogP contribution in [0.15, 0.2) is 53.9 Å². The van der Waals surface area contributed by atoms with Crippen LogP contribution in [0.3, 0.4) is 0 Å². The molecular weight excluding hydrogens is 358 g/mol. The molecule has 0 unspecified atom stereocenters. The van der Waals surface area contributed by atoms with E-state index in [4.69, 9.17) is 0 Å². The fourth-order valence-corrected chi connectivity index (χ4v) is 4.41. The third-order valence-electron chi connectivity index (χ3n) is 5.01. The Kier molecular flexibility index (Phi) is 4.16. The minimum absolute atomic E-state index is 0.123. The highest BCUT2D eigenvalue weighted by molar-refractivity contribution is 7.99. The van der Waals surface area contributed by atoms with Gasteiger partial charge in [0.05, 0.1) is 5.75 Å². The van der Waals surface area contributed by atoms with E-state index in [0.29, 0.717) is 11.8 Å². The van der Waals surface area contributed by atoms with Crippen molar-refractivity contribution in [3.05, 3.63) is 54.4 Å². The summed E-state index contributed by atoms with van der Waals surface area (Å²) in [5, 5.41) is 9.58. The van der Waals surface area contributed by atoms with Crippen LogP contribution in [0, 0.1) is 0 Å². The molecule has 0 atom stereocenters. The van der Waals surface area contributed by atoms with Crippen LogP contribution < -0.4 is 4.90 Å². The zero-order valence-corrected chi connectivity index (χ0v) is 15.6. The largest absolute Gasteiger partial charge is 0.311 e. The molecule has 0 saturated heterocycles. The van der Waals surface area contributed by atoms with Gasteiger partial charge in [-0.15, -0.1) is 10.2 Å². The molecule has 2 aromatic heterocycles. The smallest absolute Gasteiger partial charge is 0.237 e. The number of nitrogens with zero attached hydrogens (tertiary/aromatic N) is 5. The minimum Gasteiger partial charge on any atom is -0.311 e. The molecule has 6 nitrogen and oxygen atoms in total. The predicted molar refractivity (Wildman–Crippen MR) is 105 cm³/mol. The first-order chi connectivity index (χ1) is 13.3. The maximum atomic E-state index is 12.8. The number of carbonyl (C=O) groups is 1. The van der Waals surface area contributed by atoms with Crippen molar-refractivity contribution in [2.75, 3.05) is 17.2 Å². The molecule has 1 fully saturated rings. The number of hydrogen-bond acceptors (Lipinski definition) is 5. The summed E-state index contributed by atoms with van der Waals surface area (Å²) in [5.41, 5.74) is 3.25. The second-order valence-electron chi connectivity index (χ2n) is 6.86. The van der Waals surface area contributed by atoms with E-state index in [1.54, 1.807) is 6.20 Å². The maximum Gasteiger partial charge on any atom is 0.237 e. The molecule has 27 heavy (non-hydrogen) atoms. The highest BCUT2D eigenvalue weighted by atomic mass is 32.2. The third kappa shape index (κ3) is 3.12. The van der Waals surface area contributed by atoms with Gasteiger partial charge in [0.2, 0.25) is 5.91 Å². The molecule has 0 radical (unpaired) electrons. The SMILES string of the molecule is O=C(CSc1nnc(-c2cccnc2)n1C1CC1)N1CCc2ccccc21. The quantitative estimate of drug-likeness (QED) is 0.638. The van der Waals surface area contributed by atoms with Gasteiger partial charge in [0.25, 0.3) is 0 Å². The van der Waals surface area contributed by atoms with Crippen molar-refractivity contribution in [3.8, 4) is 11.4 Å². The number of aromatic nitrogens is 4. The summed E-state index contributed by atoms with van der Waals surface area (Å²) in [7, 11) is 0. The van der Waals surface area contributed by atoms with Gasteiger partial charge >= 0.3 is 0 Å². The Bertz CT molecular complexity index is 983. The van der Waals surface area contributed by atoms with Gasteiger partial charge in [0.1, 0.15) is 0 Å². The Hall–Kier alpha value is -2.67. The fraction of sp³-hybridized carbons (Fsp3) is 0.300. The molecule has 3 heterocycles. The molecular formula is C20H19N5OS. The molecule has 1 aliphatic carbocycles. The highest BCUT2D eigenvalue weighted by Gasteiger charge is 2.31. The topological polar surface area (TPSA) is 63.9 Å². The lowest BCUT2D eigenvalue weighted by Crippen LogP contribution is -2.30. The number of rotatable bonds is 5. The van der Waals surface area contributed by atoms with Crippen molar-refractivity contribution in [3.63, 3.8) is 0 Å². The van der Waals surface area contributed by atoms with Crippen LogP contribution in [0.1, 0.15) is 24.4 Å². The zero-order valence-electron chi connectivity index (χ0n) is 14.8. The number of thioether (sulfide) groups is 1. The lowest BCUT2D eigenvalue weighted by atomic mass is 10.2. The Morgan fingerprint density at radius 3 is 2.85 bits per heavy atom. The second kappa shape index (κ2) is 6.81. The number of hydrogen-bond donors (Lipinski definition) is 0. The molecule has 1 amide bonds. The van der Waals surface area contributed by atoms with E-state index in [2.05, 4.69) is 25.8 Å². The Morgan fingerprint density at radius 2 is 2.04 bits per heavy atom. The average Bonchev–Trinajstić information content (AvgIpc) is 3.31. The van der Waals surface area contributed by atoms with Crippen LogP contribution in [-0.4, -0.2) is 38.0 Å². The van der Waals surface area contributed by atoms with Crippen LogP contribution in [0.5, 0.6) is 0 Å². The van der Waals surface area contributed by atoms with E-state index in [1.165, 1.54) is 17.3 Å². The minimum atomic E-state index is 0.123. The molecule has 5 rings (SSSR count). The van der Waals surface area contributed by atoms with Crippen LogP contribution >= 0.6 is 11.8 Å². The van der Waals surface area contributed by atoms with Gasteiger partial charge in [0, 0.05) is 36.2 Å². The molecule has 7 heteroatoms. The van der Waals surface area contributed by atoms with Crippen LogP contribution in [0.4, 0.5) is 5.69 Å².